The Labute approximate surface area is 189 Å². The summed E-state index contributed by atoms with van der Waals surface area (Å²) in [6.45, 7) is 0. The number of aromatic nitrogens is 4. The van der Waals surface area contributed by atoms with E-state index >= 15 is 0 Å². The van der Waals surface area contributed by atoms with Crippen LogP contribution >= 0.6 is 0 Å². The fourth-order valence-electron chi connectivity index (χ4n) is 3.45. The van der Waals surface area contributed by atoms with E-state index in [0.29, 0.717) is 16.8 Å². The van der Waals surface area contributed by atoms with Crippen molar-refractivity contribution in [2.75, 3.05) is 12.8 Å². The molecule has 3 aromatic heterocycles. The van der Waals surface area contributed by atoms with Gasteiger partial charge in [0.2, 0.25) is 9.84 Å². The van der Waals surface area contributed by atoms with Crippen LogP contribution in [-0.4, -0.2) is 41.4 Å². The number of para-hydroxylation sites is 2. The van der Waals surface area contributed by atoms with Crippen LogP contribution in [-0.2, 0) is 9.84 Å². The Balaban J connectivity index is 1.78. The molecular weight excluding hydrogens is 440 g/mol. The summed E-state index contributed by atoms with van der Waals surface area (Å²) >= 11 is 0. The lowest BCUT2D eigenvalue weighted by molar-refractivity contribution is 0.414. The van der Waals surface area contributed by atoms with Crippen LogP contribution in [0.1, 0.15) is 5.56 Å². The number of pyridine rings is 1. The largest absolute Gasteiger partial charge is 0.497 e. The molecule has 0 aliphatic rings. The maximum atomic E-state index is 13.6. The van der Waals surface area contributed by atoms with Crippen molar-refractivity contribution < 1.29 is 13.2 Å². The summed E-state index contributed by atoms with van der Waals surface area (Å²) in [5, 5.41) is 4.42. The third-order valence-corrected chi connectivity index (χ3v) is 6.93. The molecule has 0 aliphatic heterocycles. The highest BCUT2D eigenvalue weighted by molar-refractivity contribution is 7.92. The minimum Gasteiger partial charge on any atom is -0.497 e. The van der Waals surface area contributed by atoms with Gasteiger partial charge in [-0.2, -0.15) is 9.78 Å². The molecule has 2 aromatic carbocycles. The summed E-state index contributed by atoms with van der Waals surface area (Å²) in [6.07, 6.45) is 4.81. The molecule has 3 heterocycles. The van der Waals surface area contributed by atoms with Crippen molar-refractivity contribution in [2.45, 2.75) is 9.79 Å². The zero-order valence-corrected chi connectivity index (χ0v) is 18.3. The first-order valence-electron chi connectivity index (χ1n) is 9.89. The summed E-state index contributed by atoms with van der Waals surface area (Å²) in [4.78, 5) is 13.1. The summed E-state index contributed by atoms with van der Waals surface area (Å²) in [6, 6.07) is 16.8. The van der Waals surface area contributed by atoms with E-state index in [1.165, 1.54) is 23.9 Å². The van der Waals surface area contributed by atoms with Crippen LogP contribution in [0, 0.1) is 0 Å². The van der Waals surface area contributed by atoms with Crippen LogP contribution in [0.15, 0.2) is 87.9 Å². The summed E-state index contributed by atoms with van der Waals surface area (Å²) in [5.41, 5.74) is 8.67. The van der Waals surface area contributed by atoms with Crippen molar-refractivity contribution >= 4 is 44.1 Å². The fraction of sp³-hybridized carbons (Fsp3) is 0.0435. The van der Waals surface area contributed by atoms with E-state index < -0.39 is 9.84 Å². The maximum absolute atomic E-state index is 13.6. The lowest BCUT2D eigenvalue weighted by Gasteiger charge is -2.06. The van der Waals surface area contributed by atoms with E-state index in [4.69, 9.17) is 10.5 Å². The quantitative estimate of drug-likeness (QED) is 0.401. The second kappa shape index (κ2) is 7.99. The number of anilines is 1. The Morgan fingerprint density at radius 3 is 2.30 bits per heavy atom. The number of methoxy groups -OCH3 is 1. The number of nitrogens with two attached hydrogens (primary N) is 1. The minimum absolute atomic E-state index is 0.0575. The lowest BCUT2D eigenvalue weighted by atomic mass is 10.3. The van der Waals surface area contributed by atoms with Gasteiger partial charge in [0.25, 0.3) is 0 Å². The van der Waals surface area contributed by atoms with Gasteiger partial charge in [0.05, 0.1) is 29.3 Å². The molecule has 2 N–H and O–H groups in total. The number of hydrogen-bond donors (Lipinski definition) is 1. The van der Waals surface area contributed by atoms with Crippen molar-refractivity contribution in [1.29, 1.82) is 0 Å². The molecule has 0 amide bonds. The number of nitrogens with zero attached hydrogens (tertiary/aromatic N) is 5. The van der Waals surface area contributed by atoms with Gasteiger partial charge in [0, 0.05) is 12.4 Å². The molecule has 0 saturated heterocycles. The number of nitrogen functional groups attached to an aromatic ring is 1. The average Bonchev–Trinajstić information content (AvgIpc) is 3.12. The number of sulfone groups is 1. The van der Waals surface area contributed by atoms with Crippen molar-refractivity contribution in [2.24, 2.45) is 5.10 Å². The standard InChI is InChI=1S/C23H18N6O3S/c1-32-16-6-8-17(9-7-16)33(30,31)21-20-23(28-19-5-3-2-4-18(19)27-20)29(22(21)24)26-14-15-10-12-25-13-11-15/h2-14H,24H2,1H3/b26-14+. The number of hydrogen-bond acceptors (Lipinski definition) is 8. The molecule has 0 saturated carbocycles. The second-order valence-electron chi connectivity index (χ2n) is 7.11. The minimum atomic E-state index is -4.04. The number of ether oxygens (including phenoxy) is 1. The van der Waals surface area contributed by atoms with Gasteiger partial charge in [-0.1, -0.05) is 12.1 Å². The van der Waals surface area contributed by atoms with Gasteiger partial charge in [0.15, 0.2) is 5.65 Å². The first-order valence-corrected chi connectivity index (χ1v) is 11.4. The molecular formula is C23H18N6O3S. The van der Waals surface area contributed by atoms with Crippen LogP contribution in [0.25, 0.3) is 22.2 Å². The highest BCUT2D eigenvalue weighted by Crippen LogP contribution is 2.35. The molecule has 9 nitrogen and oxygen atoms in total. The molecule has 0 spiro atoms. The Hall–Kier alpha value is -4.31. The van der Waals surface area contributed by atoms with Gasteiger partial charge in [-0.05, 0) is 54.1 Å². The fourth-order valence-corrected chi connectivity index (χ4v) is 4.93. The highest BCUT2D eigenvalue weighted by atomic mass is 32.2. The van der Waals surface area contributed by atoms with Crippen LogP contribution in [0.5, 0.6) is 5.75 Å². The van der Waals surface area contributed by atoms with E-state index in [9.17, 15) is 8.42 Å². The van der Waals surface area contributed by atoms with Gasteiger partial charge in [-0.3, -0.25) is 4.98 Å². The van der Waals surface area contributed by atoms with Gasteiger partial charge in [0.1, 0.15) is 22.0 Å². The lowest BCUT2D eigenvalue weighted by Crippen LogP contribution is -2.06. The summed E-state index contributed by atoms with van der Waals surface area (Å²) in [7, 11) is -2.53. The number of fused-ring (bicyclic) bond motifs is 2. The Bertz CT molecular complexity index is 1610. The molecule has 33 heavy (non-hydrogen) atoms. The molecule has 0 bridgehead atoms. The van der Waals surface area contributed by atoms with Gasteiger partial charge < -0.3 is 10.5 Å². The normalized spacial score (nSPS) is 12.0. The molecule has 0 unspecified atom stereocenters. The third-order valence-electron chi connectivity index (χ3n) is 5.10. The molecule has 164 valence electrons. The van der Waals surface area contributed by atoms with Gasteiger partial charge in [-0.15, -0.1) is 0 Å². The zero-order valence-electron chi connectivity index (χ0n) is 17.5. The average molecular weight is 459 g/mol. The van der Waals surface area contributed by atoms with Crippen molar-refractivity contribution in [1.82, 2.24) is 19.6 Å². The topological polar surface area (TPSA) is 125 Å². The smallest absolute Gasteiger partial charge is 0.212 e. The second-order valence-corrected chi connectivity index (χ2v) is 9.00. The van der Waals surface area contributed by atoms with Crippen LogP contribution < -0.4 is 10.5 Å². The first kappa shape index (κ1) is 20.6. The van der Waals surface area contributed by atoms with Crippen LogP contribution in [0.3, 0.4) is 0 Å². The Morgan fingerprint density at radius 2 is 1.64 bits per heavy atom. The first-order chi connectivity index (χ1) is 16.0. The van der Waals surface area contributed by atoms with Crippen molar-refractivity contribution in [3.63, 3.8) is 0 Å². The SMILES string of the molecule is COc1ccc(S(=O)(=O)c2c(N)n(/N=C/c3ccncc3)c3nc4ccccc4nc23)cc1. The molecule has 0 fully saturated rings. The molecule has 5 aromatic rings. The zero-order chi connectivity index (χ0) is 23.0. The van der Waals surface area contributed by atoms with E-state index in [1.54, 1.807) is 55.0 Å². The Kier molecular flexibility index (Phi) is 4.98. The number of benzene rings is 2. The van der Waals surface area contributed by atoms with Crippen molar-refractivity contribution in [3.8, 4) is 5.75 Å². The monoisotopic (exact) mass is 458 g/mol. The predicted octanol–water partition coefficient (Wildman–Crippen LogP) is 3.29. The summed E-state index contributed by atoms with van der Waals surface area (Å²) in [5.74, 6) is 0.457. The highest BCUT2D eigenvalue weighted by Gasteiger charge is 2.30. The van der Waals surface area contributed by atoms with Crippen LogP contribution in [0.4, 0.5) is 5.82 Å². The van der Waals surface area contributed by atoms with E-state index in [-0.39, 0.29) is 26.8 Å². The van der Waals surface area contributed by atoms with E-state index in [0.717, 1.165) is 5.56 Å². The molecule has 10 heteroatoms. The van der Waals surface area contributed by atoms with E-state index in [1.807, 2.05) is 12.1 Å². The maximum Gasteiger partial charge on any atom is 0.212 e. The molecule has 5 rings (SSSR count). The Morgan fingerprint density at radius 1 is 0.970 bits per heavy atom. The predicted molar refractivity (Wildman–Crippen MR) is 125 cm³/mol. The molecule has 0 radical (unpaired) electrons. The van der Waals surface area contributed by atoms with Gasteiger partial charge >= 0.3 is 0 Å². The number of rotatable bonds is 5. The van der Waals surface area contributed by atoms with E-state index in [2.05, 4.69) is 20.1 Å². The van der Waals surface area contributed by atoms with Gasteiger partial charge in [-0.25, -0.2) is 18.4 Å². The molecule has 0 atom stereocenters. The summed E-state index contributed by atoms with van der Waals surface area (Å²) < 4.78 is 33.7. The van der Waals surface area contributed by atoms with Crippen molar-refractivity contribution in [3.05, 3.63) is 78.6 Å². The third kappa shape index (κ3) is 3.56. The van der Waals surface area contributed by atoms with Crippen LogP contribution in [0.2, 0.25) is 0 Å². The molecule has 0 aliphatic carbocycles.